The minimum absolute atomic E-state index is 0.0877. The van der Waals surface area contributed by atoms with E-state index < -0.39 is 0 Å². The summed E-state index contributed by atoms with van der Waals surface area (Å²) in [6.07, 6.45) is 3.70. The van der Waals surface area contributed by atoms with Crippen LogP contribution in [0, 0.1) is 0 Å². The van der Waals surface area contributed by atoms with Crippen LogP contribution >= 0.6 is 0 Å². The van der Waals surface area contributed by atoms with Gasteiger partial charge in [0.25, 0.3) is 0 Å². The predicted molar refractivity (Wildman–Crippen MR) is 66.2 cm³/mol. The molecule has 1 aliphatic rings. The van der Waals surface area contributed by atoms with Crippen LogP contribution in [0.25, 0.3) is 0 Å². The average Bonchev–Trinajstić information content (AvgIpc) is 2.73. The molecule has 1 aromatic carbocycles. The first-order valence-corrected chi connectivity index (χ1v) is 5.64. The van der Waals surface area contributed by atoms with Gasteiger partial charge < -0.3 is 10.5 Å². The van der Waals surface area contributed by atoms with E-state index in [0.717, 1.165) is 5.56 Å². The van der Waals surface area contributed by atoms with Gasteiger partial charge in [0.1, 0.15) is 0 Å². The summed E-state index contributed by atoms with van der Waals surface area (Å²) in [7, 11) is 0. The van der Waals surface area contributed by atoms with Gasteiger partial charge in [-0.3, -0.25) is 0 Å². The molecule has 2 N–H and O–H groups in total. The van der Waals surface area contributed by atoms with Crippen molar-refractivity contribution in [1.82, 2.24) is 0 Å². The molecule has 0 spiro atoms. The highest BCUT2D eigenvalue weighted by molar-refractivity contribution is 5.93. The minimum atomic E-state index is -0.330. The van der Waals surface area contributed by atoms with Crippen molar-refractivity contribution in [2.75, 3.05) is 6.61 Å². The Labute approximate surface area is 101 Å². The van der Waals surface area contributed by atoms with Crippen LogP contribution in [0.4, 0.5) is 0 Å². The van der Waals surface area contributed by atoms with Crippen LogP contribution in [0.3, 0.4) is 0 Å². The van der Waals surface area contributed by atoms with Crippen molar-refractivity contribution in [2.24, 2.45) is 5.73 Å². The number of hydrogen-bond acceptors (Lipinski definition) is 3. The third-order valence-electron chi connectivity index (χ3n) is 2.74. The Bertz CT molecular complexity index is 474. The number of carbonyl (C=O) groups is 1. The van der Waals surface area contributed by atoms with Crippen LogP contribution < -0.4 is 5.73 Å². The van der Waals surface area contributed by atoms with Gasteiger partial charge in [-0.2, -0.15) is 0 Å². The summed E-state index contributed by atoms with van der Waals surface area (Å²) in [5, 5.41) is 0. The van der Waals surface area contributed by atoms with E-state index in [0.29, 0.717) is 17.9 Å². The molecule has 0 saturated carbocycles. The Hall–Kier alpha value is -2.03. The van der Waals surface area contributed by atoms with Crippen molar-refractivity contribution in [2.45, 2.75) is 12.8 Å². The summed E-state index contributed by atoms with van der Waals surface area (Å²) in [6, 6.07) is 9.79. The summed E-state index contributed by atoms with van der Waals surface area (Å²) in [6.45, 7) is 2.14. The largest absolute Gasteiger partial charge is 0.463 e. The highest BCUT2D eigenvalue weighted by Gasteiger charge is 2.27. The zero-order valence-corrected chi connectivity index (χ0v) is 9.72. The molecule has 17 heavy (non-hydrogen) atoms. The van der Waals surface area contributed by atoms with Gasteiger partial charge >= 0.3 is 5.97 Å². The zero-order chi connectivity index (χ0) is 12.3. The topological polar surface area (TPSA) is 52.3 Å². The van der Waals surface area contributed by atoms with Crippen molar-refractivity contribution in [3.63, 3.8) is 0 Å². The number of carbonyl (C=O) groups excluding carboxylic acids is 1. The van der Waals surface area contributed by atoms with E-state index in [4.69, 9.17) is 10.5 Å². The van der Waals surface area contributed by atoms with Crippen molar-refractivity contribution >= 4 is 5.97 Å². The number of ether oxygens (including phenoxy) is 1. The lowest BCUT2D eigenvalue weighted by molar-refractivity contribution is -0.138. The van der Waals surface area contributed by atoms with E-state index in [1.165, 1.54) is 0 Å². The number of allylic oxidation sites excluding steroid dienone is 2. The maximum absolute atomic E-state index is 11.8. The molecule has 0 aromatic heterocycles. The molecule has 0 bridgehead atoms. The molecule has 0 saturated heterocycles. The second-order valence-electron chi connectivity index (χ2n) is 3.84. The van der Waals surface area contributed by atoms with E-state index >= 15 is 0 Å². The number of benzene rings is 1. The highest BCUT2D eigenvalue weighted by atomic mass is 16.5. The predicted octanol–water partition coefficient (Wildman–Crippen LogP) is 2.12. The van der Waals surface area contributed by atoms with Crippen LogP contribution in [-0.4, -0.2) is 12.6 Å². The van der Waals surface area contributed by atoms with Crippen molar-refractivity contribution in [3.8, 4) is 0 Å². The molecule has 3 heteroatoms. The molecule has 0 unspecified atom stereocenters. The molecule has 0 aliphatic heterocycles. The van der Waals surface area contributed by atoms with E-state index in [9.17, 15) is 4.79 Å². The number of esters is 1. The fourth-order valence-corrected chi connectivity index (χ4v) is 1.96. The second-order valence-corrected chi connectivity index (χ2v) is 3.84. The molecule has 3 nitrogen and oxygen atoms in total. The molecule has 1 atom stereocenters. The first-order chi connectivity index (χ1) is 8.24. The fraction of sp³-hybridized carbons (Fsp3) is 0.214. The van der Waals surface area contributed by atoms with E-state index in [2.05, 4.69) is 0 Å². The SMILES string of the molecule is CCOC(=O)C1=C(N)C=C[C@H]1c1ccccc1. The van der Waals surface area contributed by atoms with E-state index in [1.54, 1.807) is 13.0 Å². The summed E-state index contributed by atoms with van der Waals surface area (Å²) >= 11 is 0. The summed E-state index contributed by atoms with van der Waals surface area (Å²) in [5.74, 6) is -0.417. The summed E-state index contributed by atoms with van der Waals surface area (Å²) < 4.78 is 5.03. The third-order valence-corrected chi connectivity index (χ3v) is 2.74. The van der Waals surface area contributed by atoms with Gasteiger partial charge in [0, 0.05) is 11.6 Å². The molecule has 0 heterocycles. The maximum atomic E-state index is 11.8. The molecule has 2 rings (SSSR count). The quantitative estimate of drug-likeness (QED) is 0.808. The van der Waals surface area contributed by atoms with Gasteiger partial charge in [-0.25, -0.2) is 4.79 Å². The highest BCUT2D eigenvalue weighted by Crippen LogP contribution is 2.32. The Balaban J connectivity index is 2.31. The molecule has 0 amide bonds. The van der Waals surface area contributed by atoms with Crippen LogP contribution in [0.5, 0.6) is 0 Å². The normalized spacial score (nSPS) is 18.5. The Morgan fingerprint density at radius 3 is 2.71 bits per heavy atom. The van der Waals surface area contributed by atoms with E-state index in [-0.39, 0.29) is 11.9 Å². The maximum Gasteiger partial charge on any atom is 0.337 e. The molecule has 1 aliphatic carbocycles. The Morgan fingerprint density at radius 1 is 1.35 bits per heavy atom. The zero-order valence-electron chi connectivity index (χ0n) is 9.72. The summed E-state index contributed by atoms with van der Waals surface area (Å²) in [4.78, 5) is 11.8. The first-order valence-electron chi connectivity index (χ1n) is 5.64. The number of hydrogen-bond donors (Lipinski definition) is 1. The van der Waals surface area contributed by atoms with Crippen molar-refractivity contribution in [1.29, 1.82) is 0 Å². The van der Waals surface area contributed by atoms with Crippen molar-refractivity contribution < 1.29 is 9.53 Å². The lowest BCUT2D eigenvalue weighted by Gasteiger charge is -2.13. The van der Waals surface area contributed by atoms with Gasteiger partial charge in [-0.15, -0.1) is 0 Å². The van der Waals surface area contributed by atoms with Crippen LogP contribution in [0.1, 0.15) is 18.4 Å². The second kappa shape index (κ2) is 4.87. The van der Waals surface area contributed by atoms with Gasteiger partial charge in [-0.05, 0) is 18.6 Å². The molecular formula is C14H15NO2. The van der Waals surface area contributed by atoms with Crippen molar-refractivity contribution in [3.05, 3.63) is 59.3 Å². The first kappa shape index (κ1) is 11.5. The average molecular weight is 229 g/mol. The fourth-order valence-electron chi connectivity index (χ4n) is 1.96. The number of rotatable bonds is 3. The molecular weight excluding hydrogens is 214 g/mol. The van der Waals surface area contributed by atoms with Gasteiger partial charge in [-0.1, -0.05) is 36.4 Å². The molecule has 0 fully saturated rings. The number of nitrogens with two attached hydrogens (primary N) is 1. The molecule has 0 radical (unpaired) electrons. The van der Waals surface area contributed by atoms with E-state index in [1.807, 2.05) is 36.4 Å². The van der Waals surface area contributed by atoms with Gasteiger partial charge in [0.2, 0.25) is 0 Å². The van der Waals surface area contributed by atoms with Crippen LogP contribution in [0.15, 0.2) is 53.8 Å². The van der Waals surface area contributed by atoms with Gasteiger partial charge in [0.05, 0.1) is 12.2 Å². The Morgan fingerprint density at radius 2 is 2.06 bits per heavy atom. The monoisotopic (exact) mass is 229 g/mol. The molecule has 1 aromatic rings. The van der Waals surface area contributed by atoms with Crippen LogP contribution in [0.2, 0.25) is 0 Å². The summed E-state index contributed by atoms with van der Waals surface area (Å²) in [5.41, 5.74) is 7.92. The standard InChI is InChI=1S/C14H15NO2/c1-2-17-14(16)13-11(8-9-12(13)15)10-6-4-3-5-7-10/h3-9,11H,2,15H2,1H3/t11-/m0/s1. The smallest absolute Gasteiger partial charge is 0.337 e. The lowest BCUT2D eigenvalue weighted by Crippen LogP contribution is -2.15. The van der Waals surface area contributed by atoms with Gasteiger partial charge in [0.15, 0.2) is 0 Å². The third kappa shape index (κ3) is 2.23. The molecule has 88 valence electrons. The Kier molecular flexibility index (Phi) is 3.28. The van der Waals surface area contributed by atoms with Crippen LogP contribution in [-0.2, 0) is 9.53 Å². The lowest BCUT2D eigenvalue weighted by atomic mass is 9.93. The minimum Gasteiger partial charge on any atom is -0.463 e.